The van der Waals surface area contributed by atoms with Crippen LogP contribution in [0.2, 0.25) is 0 Å². The zero-order valence-electron chi connectivity index (χ0n) is 12.9. The molecule has 25 heavy (non-hydrogen) atoms. The quantitative estimate of drug-likeness (QED) is 0.839. The molecule has 0 atom stereocenters. The SMILES string of the molecule is Cc1cc(F)ccc1-c1ccc(C2=NNC(=O)CO2)cc1C(F)(F)F. The second kappa shape index (κ2) is 6.19. The Kier molecular flexibility index (Phi) is 4.20. The van der Waals surface area contributed by atoms with Gasteiger partial charge in [0.1, 0.15) is 5.82 Å². The maximum absolute atomic E-state index is 13.5. The number of nitrogens with zero attached hydrogens (tertiary/aromatic N) is 1. The number of nitrogens with one attached hydrogen (secondary N) is 1. The van der Waals surface area contributed by atoms with Gasteiger partial charge in [-0.15, -0.1) is 5.10 Å². The molecule has 0 aromatic heterocycles. The van der Waals surface area contributed by atoms with E-state index in [1.54, 1.807) is 0 Å². The highest BCUT2D eigenvalue weighted by molar-refractivity contribution is 5.98. The molecular formula is C17H12F4N2O2. The summed E-state index contributed by atoms with van der Waals surface area (Å²) in [6.07, 6.45) is -4.63. The number of alkyl halides is 3. The van der Waals surface area contributed by atoms with Crippen LogP contribution < -0.4 is 5.43 Å². The fourth-order valence-corrected chi connectivity index (χ4v) is 2.54. The summed E-state index contributed by atoms with van der Waals surface area (Å²) < 4.78 is 58.9. The number of ether oxygens (including phenoxy) is 1. The largest absolute Gasteiger partial charge is 0.466 e. The van der Waals surface area contributed by atoms with Gasteiger partial charge in [-0.25, -0.2) is 9.82 Å². The summed E-state index contributed by atoms with van der Waals surface area (Å²) in [6, 6.07) is 7.18. The molecule has 4 nitrogen and oxygen atoms in total. The Hall–Kier alpha value is -2.90. The summed E-state index contributed by atoms with van der Waals surface area (Å²) in [5.41, 5.74) is 1.92. The number of hydrogen-bond donors (Lipinski definition) is 1. The van der Waals surface area contributed by atoms with E-state index in [1.807, 2.05) is 0 Å². The van der Waals surface area contributed by atoms with E-state index in [0.717, 1.165) is 12.1 Å². The Balaban J connectivity index is 2.12. The Morgan fingerprint density at radius 3 is 2.44 bits per heavy atom. The minimum absolute atomic E-state index is 0.0748. The Morgan fingerprint density at radius 2 is 1.84 bits per heavy atom. The van der Waals surface area contributed by atoms with Gasteiger partial charge in [0.15, 0.2) is 6.61 Å². The van der Waals surface area contributed by atoms with Crippen molar-refractivity contribution in [2.75, 3.05) is 6.61 Å². The first-order chi connectivity index (χ1) is 11.8. The number of carbonyl (C=O) groups is 1. The lowest BCUT2D eigenvalue weighted by Gasteiger charge is -2.18. The minimum Gasteiger partial charge on any atom is -0.466 e. The monoisotopic (exact) mass is 352 g/mol. The highest BCUT2D eigenvalue weighted by Gasteiger charge is 2.35. The molecule has 2 aromatic rings. The summed E-state index contributed by atoms with van der Waals surface area (Å²) >= 11 is 0. The van der Waals surface area contributed by atoms with Gasteiger partial charge in [-0.2, -0.15) is 13.2 Å². The Morgan fingerprint density at radius 1 is 1.12 bits per heavy atom. The molecule has 2 aromatic carbocycles. The van der Waals surface area contributed by atoms with Crippen molar-refractivity contribution in [2.24, 2.45) is 5.10 Å². The van der Waals surface area contributed by atoms with Gasteiger partial charge in [-0.1, -0.05) is 12.1 Å². The first-order valence-corrected chi connectivity index (χ1v) is 7.23. The van der Waals surface area contributed by atoms with Crippen molar-refractivity contribution in [1.29, 1.82) is 0 Å². The molecule has 1 N–H and O–H groups in total. The van der Waals surface area contributed by atoms with Crippen LogP contribution in [-0.2, 0) is 15.7 Å². The molecular weight excluding hydrogens is 340 g/mol. The second-order valence-corrected chi connectivity index (χ2v) is 5.46. The second-order valence-electron chi connectivity index (χ2n) is 5.46. The molecule has 1 aliphatic heterocycles. The van der Waals surface area contributed by atoms with Crippen LogP contribution in [0.15, 0.2) is 41.5 Å². The lowest BCUT2D eigenvalue weighted by Crippen LogP contribution is -2.32. The van der Waals surface area contributed by atoms with Gasteiger partial charge < -0.3 is 4.74 Å². The van der Waals surface area contributed by atoms with Crippen molar-refractivity contribution in [3.05, 3.63) is 58.9 Å². The van der Waals surface area contributed by atoms with Crippen LogP contribution in [0.5, 0.6) is 0 Å². The maximum atomic E-state index is 13.5. The molecule has 1 amide bonds. The zero-order chi connectivity index (χ0) is 18.2. The molecule has 130 valence electrons. The number of hydrazone groups is 1. The summed E-state index contributed by atoms with van der Waals surface area (Å²) in [4.78, 5) is 11.0. The maximum Gasteiger partial charge on any atom is 0.417 e. The van der Waals surface area contributed by atoms with Crippen LogP contribution in [-0.4, -0.2) is 18.4 Å². The number of aryl methyl sites for hydroxylation is 1. The van der Waals surface area contributed by atoms with E-state index in [1.165, 1.54) is 31.2 Å². The van der Waals surface area contributed by atoms with Crippen molar-refractivity contribution in [3.63, 3.8) is 0 Å². The summed E-state index contributed by atoms with van der Waals surface area (Å²) in [5, 5.41) is 3.61. The topological polar surface area (TPSA) is 50.7 Å². The van der Waals surface area contributed by atoms with Gasteiger partial charge in [0.05, 0.1) is 5.56 Å². The van der Waals surface area contributed by atoms with Gasteiger partial charge in [0.2, 0.25) is 5.90 Å². The van der Waals surface area contributed by atoms with Gasteiger partial charge >= 0.3 is 6.18 Å². The van der Waals surface area contributed by atoms with Crippen molar-refractivity contribution in [2.45, 2.75) is 13.1 Å². The molecule has 0 spiro atoms. The lowest BCUT2D eigenvalue weighted by atomic mass is 9.94. The van der Waals surface area contributed by atoms with Crippen LogP contribution in [0.25, 0.3) is 11.1 Å². The normalized spacial score (nSPS) is 14.6. The first kappa shape index (κ1) is 16.9. The number of amides is 1. The first-order valence-electron chi connectivity index (χ1n) is 7.23. The number of benzene rings is 2. The van der Waals surface area contributed by atoms with E-state index in [4.69, 9.17) is 4.74 Å². The van der Waals surface area contributed by atoms with Crippen LogP contribution in [0, 0.1) is 12.7 Å². The van der Waals surface area contributed by atoms with Crippen molar-refractivity contribution < 1.29 is 27.1 Å². The fourth-order valence-electron chi connectivity index (χ4n) is 2.54. The number of carbonyl (C=O) groups excluding carboxylic acids is 1. The molecule has 0 radical (unpaired) electrons. The average molecular weight is 352 g/mol. The fraction of sp³-hybridized carbons (Fsp3) is 0.176. The molecule has 0 fully saturated rings. The van der Waals surface area contributed by atoms with E-state index in [0.29, 0.717) is 5.56 Å². The van der Waals surface area contributed by atoms with Gasteiger partial charge in [0, 0.05) is 5.56 Å². The molecule has 0 saturated heterocycles. The molecule has 1 heterocycles. The molecule has 0 saturated carbocycles. The van der Waals surface area contributed by atoms with E-state index in [9.17, 15) is 22.4 Å². The lowest BCUT2D eigenvalue weighted by molar-refractivity contribution is -0.137. The van der Waals surface area contributed by atoms with Gasteiger partial charge in [-0.05, 0) is 47.9 Å². The van der Waals surface area contributed by atoms with Crippen LogP contribution >= 0.6 is 0 Å². The predicted molar refractivity (Wildman–Crippen MR) is 82.2 cm³/mol. The van der Waals surface area contributed by atoms with Crippen molar-refractivity contribution >= 4 is 11.8 Å². The summed E-state index contributed by atoms with van der Waals surface area (Å²) in [5.74, 6) is -1.11. The van der Waals surface area contributed by atoms with E-state index >= 15 is 0 Å². The summed E-state index contributed by atoms with van der Waals surface area (Å²) in [6.45, 7) is 1.22. The molecule has 0 bridgehead atoms. The highest BCUT2D eigenvalue weighted by atomic mass is 19.4. The predicted octanol–water partition coefficient (Wildman–Crippen LogP) is 3.63. The van der Waals surface area contributed by atoms with Crippen LogP contribution in [0.3, 0.4) is 0 Å². The standard InChI is InChI=1S/C17H12F4N2O2/c1-9-6-11(18)3-5-12(9)13-4-2-10(7-14(13)17(19,20)21)16-23-22-15(24)8-25-16/h2-7H,8H2,1H3,(H,22,24). The van der Waals surface area contributed by atoms with Crippen molar-refractivity contribution in [1.82, 2.24) is 5.43 Å². The number of rotatable bonds is 2. The summed E-state index contributed by atoms with van der Waals surface area (Å²) in [7, 11) is 0. The van der Waals surface area contributed by atoms with E-state index < -0.39 is 23.5 Å². The smallest absolute Gasteiger partial charge is 0.417 e. The molecule has 3 rings (SSSR count). The highest BCUT2D eigenvalue weighted by Crippen LogP contribution is 2.39. The molecule has 8 heteroatoms. The van der Waals surface area contributed by atoms with Crippen LogP contribution in [0.4, 0.5) is 17.6 Å². The molecule has 1 aliphatic rings. The Bertz CT molecular complexity index is 875. The van der Waals surface area contributed by atoms with Gasteiger partial charge in [0.25, 0.3) is 5.91 Å². The molecule has 0 unspecified atom stereocenters. The van der Waals surface area contributed by atoms with Gasteiger partial charge in [-0.3, -0.25) is 4.79 Å². The minimum atomic E-state index is -4.63. The Labute approximate surface area is 140 Å². The molecule has 0 aliphatic carbocycles. The van der Waals surface area contributed by atoms with E-state index in [-0.39, 0.29) is 29.2 Å². The third-order valence-corrected chi connectivity index (χ3v) is 3.67. The third-order valence-electron chi connectivity index (χ3n) is 3.67. The zero-order valence-corrected chi connectivity index (χ0v) is 12.9. The van der Waals surface area contributed by atoms with Crippen molar-refractivity contribution in [3.8, 4) is 11.1 Å². The number of hydrogen-bond acceptors (Lipinski definition) is 3. The van der Waals surface area contributed by atoms with E-state index in [2.05, 4.69) is 10.5 Å². The average Bonchev–Trinajstić information content (AvgIpc) is 2.54. The third kappa shape index (κ3) is 3.47. The number of halogens is 4. The van der Waals surface area contributed by atoms with Crippen LogP contribution in [0.1, 0.15) is 16.7 Å².